The van der Waals surface area contributed by atoms with Crippen LogP contribution in [0.25, 0.3) is 0 Å². The lowest BCUT2D eigenvalue weighted by molar-refractivity contribution is -0.224. The van der Waals surface area contributed by atoms with Crippen LogP contribution in [0.1, 0.15) is 6.42 Å². The highest BCUT2D eigenvalue weighted by atomic mass is 16.5. The Morgan fingerprint density at radius 2 is 1.47 bits per heavy atom. The summed E-state index contributed by atoms with van der Waals surface area (Å²) in [4.78, 5) is 12.2. The van der Waals surface area contributed by atoms with Crippen molar-refractivity contribution < 1.29 is 64.6 Å². The Kier molecular flexibility index (Phi) is 16.7. The maximum atomic E-state index is 12.2. The molecular formula is C21H42N2O13. The summed E-state index contributed by atoms with van der Waals surface area (Å²) < 4.78 is 21.1. The number of nitrogens with one attached hydrogen (secondary N) is 1. The molecule has 11 N–H and O–H groups in total. The van der Waals surface area contributed by atoms with E-state index < -0.39 is 73.9 Å². The largest absolute Gasteiger partial charge is 0.396 e. The molecule has 0 spiro atoms. The van der Waals surface area contributed by atoms with Crippen molar-refractivity contribution in [2.45, 2.75) is 55.3 Å². The molecule has 36 heavy (non-hydrogen) atoms. The van der Waals surface area contributed by atoms with Crippen molar-refractivity contribution in [3.05, 3.63) is 0 Å². The van der Waals surface area contributed by atoms with Crippen LogP contribution in [0, 0.1) is 5.92 Å². The second-order valence-corrected chi connectivity index (χ2v) is 8.39. The van der Waals surface area contributed by atoms with Gasteiger partial charge in [-0.1, -0.05) is 0 Å². The molecule has 1 aliphatic rings. The van der Waals surface area contributed by atoms with Crippen LogP contribution in [0.15, 0.2) is 0 Å². The van der Waals surface area contributed by atoms with Gasteiger partial charge in [-0.3, -0.25) is 4.79 Å². The molecule has 0 aliphatic heterocycles. The standard InChI is InChI=1S/C21H42N2O13/c22-1-3-33-5-7-35-8-6-34-4-2-23-21(32)19(31)18(30)20(13(26)11-25)36-14-9-12(10-24)15(27)17(29)16(14)28/h12-20,24-31H,1-11,22H2,(H,23,32)/t12-,13-,14+,15-,16+,17+,18-,19-,20-/m1/s1. The molecule has 1 rings (SSSR count). The van der Waals surface area contributed by atoms with Crippen LogP contribution in [-0.4, -0.2) is 162 Å². The Balaban J connectivity index is 2.48. The first-order valence-corrected chi connectivity index (χ1v) is 11.9. The molecule has 0 heterocycles. The van der Waals surface area contributed by atoms with Gasteiger partial charge in [-0.05, 0) is 6.42 Å². The van der Waals surface area contributed by atoms with Crippen LogP contribution in [-0.2, 0) is 23.7 Å². The number of carbonyl (C=O) groups is 1. The molecule has 15 nitrogen and oxygen atoms in total. The van der Waals surface area contributed by atoms with Crippen LogP contribution in [0.2, 0.25) is 0 Å². The topological polar surface area (TPSA) is 254 Å². The third-order valence-corrected chi connectivity index (χ3v) is 5.71. The summed E-state index contributed by atoms with van der Waals surface area (Å²) in [5, 5.41) is 81.9. The first-order valence-electron chi connectivity index (χ1n) is 11.9. The van der Waals surface area contributed by atoms with Crippen LogP contribution in [0.5, 0.6) is 0 Å². The van der Waals surface area contributed by atoms with Gasteiger partial charge in [-0.25, -0.2) is 0 Å². The minimum atomic E-state index is -2.09. The van der Waals surface area contributed by atoms with Crippen LogP contribution in [0.3, 0.4) is 0 Å². The molecular weight excluding hydrogens is 488 g/mol. The normalized spacial score (nSPS) is 27.9. The molecule has 1 aliphatic carbocycles. The van der Waals surface area contributed by atoms with Crippen molar-refractivity contribution in [2.75, 3.05) is 65.9 Å². The Morgan fingerprint density at radius 1 is 0.889 bits per heavy atom. The highest BCUT2D eigenvalue weighted by Gasteiger charge is 2.46. The summed E-state index contributed by atoms with van der Waals surface area (Å²) in [5.74, 6) is -1.88. The number of aliphatic hydroxyl groups is 8. The highest BCUT2D eigenvalue weighted by molar-refractivity contribution is 5.81. The van der Waals surface area contributed by atoms with Gasteiger partial charge in [0.15, 0.2) is 6.10 Å². The number of nitrogens with two attached hydrogens (primary N) is 1. The average molecular weight is 531 g/mol. The van der Waals surface area contributed by atoms with Crippen molar-refractivity contribution >= 4 is 5.91 Å². The van der Waals surface area contributed by atoms with Gasteiger partial charge in [-0.2, -0.15) is 0 Å². The Bertz CT molecular complexity index is 588. The number of ether oxygens (including phenoxy) is 4. The van der Waals surface area contributed by atoms with E-state index in [9.17, 15) is 45.6 Å². The van der Waals surface area contributed by atoms with Gasteiger partial charge in [0, 0.05) is 25.6 Å². The number of rotatable bonds is 19. The van der Waals surface area contributed by atoms with E-state index in [1.54, 1.807) is 0 Å². The fourth-order valence-electron chi connectivity index (χ4n) is 3.61. The van der Waals surface area contributed by atoms with Crippen LogP contribution in [0.4, 0.5) is 0 Å². The van der Waals surface area contributed by atoms with Gasteiger partial charge < -0.3 is 70.9 Å². The van der Waals surface area contributed by atoms with E-state index in [1.807, 2.05) is 0 Å². The maximum absolute atomic E-state index is 12.2. The number of carbonyl (C=O) groups excluding carboxylic acids is 1. The van der Waals surface area contributed by atoms with Gasteiger partial charge in [0.25, 0.3) is 5.91 Å². The van der Waals surface area contributed by atoms with E-state index in [0.29, 0.717) is 33.0 Å². The highest BCUT2D eigenvalue weighted by Crippen LogP contribution is 2.29. The number of amides is 1. The maximum Gasteiger partial charge on any atom is 0.251 e. The first-order chi connectivity index (χ1) is 17.2. The summed E-state index contributed by atoms with van der Waals surface area (Å²) in [6, 6.07) is 0. The molecule has 0 unspecified atom stereocenters. The van der Waals surface area contributed by atoms with Crippen molar-refractivity contribution in [2.24, 2.45) is 11.7 Å². The molecule has 0 saturated heterocycles. The van der Waals surface area contributed by atoms with Crippen molar-refractivity contribution in [3.8, 4) is 0 Å². The third-order valence-electron chi connectivity index (χ3n) is 5.71. The minimum absolute atomic E-state index is 0.0140. The number of hydrogen-bond donors (Lipinski definition) is 10. The first kappa shape index (κ1) is 33.0. The summed E-state index contributed by atoms with van der Waals surface area (Å²) in [6.07, 6.45) is -13.9. The fraction of sp³-hybridized carbons (Fsp3) is 0.952. The van der Waals surface area contributed by atoms with Gasteiger partial charge >= 0.3 is 0 Å². The predicted octanol–water partition coefficient (Wildman–Crippen LogP) is -5.97. The molecule has 0 bridgehead atoms. The van der Waals surface area contributed by atoms with Gasteiger partial charge in [0.05, 0.1) is 58.5 Å². The van der Waals surface area contributed by atoms with Gasteiger partial charge in [0.2, 0.25) is 0 Å². The van der Waals surface area contributed by atoms with Gasteiger partial charge in [-0.15, -0.1) is 0 Å². The molecule has 0 radical (unpaired) electrons. The van der Waals surface area contributed by atoms with Crippen molar-refractivity contribution in [1.29, 1.82) is 0 Å². The monoisotopic (exact) mass is 530 g/mol. The number of aliphatic hydroxyl groups excluding tert-OH is 8. The lowest BCUT2D eigenvalue weighted by Gasteiger charge is -2.42. The summed E-state index contributed by atoms with van der Waals surface area (Å²) in [5.41, 5.74) is 5.28. The molecule has 1 saturated carbocycles. The van der Waals surface area contributed by atoms with E-state index in [2.05, 4.69) is 5.32 Å². The molecule has 1 amide bonds. The lowest BCUT2D eigenvalue weighted by Crippen LogP contribution is -2.59. The molecule has 0 aromatic carbocycles. The Hall–Kier alpha value is -1.05. The van der Waals surface area contributed by atoms with E-state index >= 15 is 0 Å². The van der Waals surface area contributed by atoms with Crippen molar-refractivity contribution in [1.82, 2.24) is 5.32 Å². The van der Waals surface area contributed by atoms with E-state index in [0.717, 1.165) is 0 Å². The summed E-state index contributed by atoms with van der Waals surface area (Å²) >= 11 is 0. The second kappa shape index (κ2) is 18.2. The molecule has 0 aromatic heterocycles. The molecule has 214 valence electrons. The number of hydrogen-bond acceptors (Lipinski definition) is 14. The van der Waals surface area contributed by atoms with E-state index in [4.69, 9.17) is 24.7 Å². The zero-order valence-electron chi connectivity index (χ0n) is 20.2. The smallest absolute Gasteiger partial charge is 0.251 e. The Morgan fingerprint density at radius 3 is 2.03 bits per heavy atom. The van der Waals surface area contributed by atoms with Crippen molar-refractivity contribution in [3.63, 3.8) is 0 Å². The molecule has 0 aromatic rings. The summed E-state index contributed by atoms with van der Waals surface area (Å²) in [6.45, 7) is 0.832. The fourth-order valence-corrected chi connectivity index (χ4v) is 3.61. The molecule has 1 fully saturated rings. The zero-order valence-corrected chi connectivity index (χ0v) is 20.2. The average Bonchev–Trinajstić information content (AvgIpc) is 2.88. The SMILES string of the molecule is NCCOCCOCCOCCNC(=O)[C@H](O)[C@@H](O)[C@H](O[C@H]1C[C@H](CO)[C@@H](O)[C@H](O)[C@H]1O)[C@H](O)CO. The second-order valence-electron chi connectivity index (χ2n) is 8.39. The zero-order chi connectivity index (χ0) is 27.1. The minimum Gasteiger partial charge on any atom is -0.396 e. The molecule has 15 heteroatoms. The van der Waals surface area contributed by atoms with Gasteiger partial charge in [0.1, 0.15) is 30.5 Å². The Labute approximate surface area is 209 Å². The van der Waals surface area contributed by atoms with E-state index in [1.165, 1.54) is 0 Å². The molecule has 9 atom stereocenters. The quantitative estimate of drug-likeness (QED) is 0.0698. The van der Waals surface area contributed by atoms with Crippen LogP contribution >= 0.6 is 0 Å². The lowest BCUT2D eigenvalue weighted by atomic mass is 9.81. The third kappa shape index (κ3) is 10.7. The van der Waals surface area contributed by atoms with E-state index in [-0.39, 0.29) is 26.2 Å². The summed E-state index contributed by atoms with van der Waals surface area (Å²) in [7, 11) is 0. The predicted molar refractivity (Wildman–Crippen MR) is 122 cm³/mol. The van der Waals surface area contributed by atoms with Crippen LogP contribution < -0.4 is 11.1 Å².